The lowest BCUT2D eigenvalue weighted by Crippen LogP contribution is -2.44. The summed E-state index contributed by atoms with van der Waals surface area (Å²) in [6, 6.07) is 12.5. The highest BCUT2D eigenvalue weighted by Gasteiger charge is 2.21. The Labute approximate surface area is 176 Å². The summed E-state index contributed by atoms with van der Waals surface area (Å²) in [7, 11) is 2.17. The molecule has 0 aromatic carbocycles. The van der Waals surface area contributed by atoms with Crippen LogP contribution in [0.3, 0.4) is 0 Å². The van der Waals surface area contributed by atoms with Crippen molar-refractivity contribution in [2.24, 2.45) is 5.92 Å². The maximum atomic E-state index is 13.0. The van der Waals surface area contributed by atoms with Crippen molar-refractivity contribution < 1.29 is 4.79 Å². The molecule has 30 heavy (non-hydrogen) atoms. The maximum absolute atomic E-state index is 13.0. The minimum absolute atomic E-state index is 0.0581. The van der Waals surface area contributed by atoms with E-state index in [0.717, 1.165) is 54.3 Å². The Balaban J connectivity index is 1.71. The molecule has 0 spiro atoms. The first-order valence-corrected chi connectivity index (χ1v) is 10.6. The quantitative estimate of drug-likeness (QED) is 0.488. The van der Waals surface area contributed by atoms with Crippen molar-refractivity contribution in [2.45, 2.75) is 13.8 Å². The lowest BCUT2D eigenvalue weighted by Gasteiger charge is -2.34. The lowest BCUT2D eigenvalue weighted by molar-refractivity contribution is 0.0933. The Hall–Kier alpha value is -3.12. The van der Waals surface area contributed by atoms with E-state index >= 15 is 0 Å². The second-order valence-corrected chi connectivity index (χ2v) is 8.46. The summed E-state index contributed by atoms with van der Waals surface area (Å²) < 4.78 is 4.13. The summed E-state index contributed by atoms with van der Waals surface area (Å²) >= 11 is 0. The summed E-state index contributed by atoms with van der Waals surface area (Å²) in [4.78, 5) is 22.2. The van der Waals surface area contributed by atoms with E-state index in [9.17, 15) is 4.79 Å². The summed E-state index contributed by atoms with van der Waals surface area (Å²) in [5, 5.41) is 0. The minimum atomic E-state index is -0.0581. The third-order valence-corrected chi connectivity index (χ3v) is 6.10. The van der Waals surface area contributed by atoms with Gasteiger partial charge in [-0.25, -0.2) is 4.98 Å². The number of hydrogen-bond acceptors (Lipinski definition) is 4. The predicted octanol–water partition coefficient (Wildman–Crippen LogP) is 3.84. The van der Waals surface area contributed by atoms with Crippen LogP contribution < -0.4 is 4.90 Å². The molecule has 0 radical (unpaired) electrons. The first kappa shape index (κ1) is 18.9. The summed E-state index contributed by atoms with van der Waals surface area (Å²) in [6.07, 6.45) is 5.84. The van der Waals surface area contributed by atoms with Crippen LogP contribution in [0, 0.1) is 5.92 Å². The van der Waals surface area contributed by atoms with Crippen LogP contribution in [-0.4, -0.2) is 57.7 Å². The largest absolute Gasteiger partial charge is 0.369 e. The number of pyridine rings is 2. The highest BCUT2D eigenvalue weighted by Crippen LogP contribution is 2.32. The first-order valence-electron chi connectivity index (χ1n) is 10.6. The van der Waals surface area contributed by atoms with Crippen molar-refractivity contribution in [1.82, 2.24) is 18.7 Å². The number of ketones is 1. The fourth-order valence-electron chi connectivity index (χ4n) is 4.31. The van der Waals surface area contributed by atoms with Gasteiger partial charge in [0.1, 0.15) is 5.65 Å². The number of rotatable bonds is 4. The van der Waals surface area contributed by atoms with E-state index in [1.807, 2.05) is 48.8 Å². The molecule has 1 saturated heterocycles. The number of imidazole rings is 1. The number of likely N-dealkylation sites (N-methyl/N-ethyl adjacent to an activating group) is 1. The third-order valence-electron chi connectivity index (χ3n) is 6.10. The summed E-state index contributed by atoms with van der Waals surface area (Å²) in [5.74, 6) is 0.0960. The fraction of sp³-hybridized carbons (Fsp3) is 0.333. The second-order valence-electron chi connectivity index (χ2n) is 8.46. The van der Waals surface area contributed by atoms with E-state index in [-0.39, 0.29) is 11.7 Å². The van der Waals surface area contributed by atoms with Crippen molar-refractivity contribution >= 4 is 22.6 Å². The van der Waals surface area contributed by atoms with E-state index in [0.29, 0.717) is 0 Å². The van der Waals surface area contributed by atoms with Gasteiger partial charge >= 0.3 is 0 Å². The highest BCUT2D eigenvalue weighted by molar-refractivity contribution is 6.00. The van der Waals surface area contributed by atoms with Gasteiger partial charge in [-0.2, -0.15) is 0 Å². The number of nitrogens with zero attached hydrogens (tertiary/aromatic N) is 5. The van der Waals surface area contributed by atoms with E-state index in [1.165, 1.54) is 5.69 Å². The Kier molecular flexibility index (Phi) is 4.59. The predicted molar refractivity (Wildman–Crippen MR) is 120 cm³/mol. The van der Waals surface area contributed by atoms with Gasteiger partial charge in [0.25, 0.3) is 0 Å². The van der Waals surface area contributed by atoms with Crippen LogP contribution in [-0.2, 0) is 0 Å². The topological polar surface area (TPSA) is 45.3 Å². The molecule has 1 fully saturated rings. The lowest BCUT2D eigenvalue weighted by atomic mass is 10.1. The molecular formula is C24H27N5O. The van der Waals surface area contributed by atoms with Crippen LogP contribution in [0.1, 0.15) is 24.3 Å². The van der Waals surface area contributed by atoms with Crippen LogP contribution in [0.25, 0.3) is 22.4 Å². The van der Waals surface area contributed by atoms with Crippen molar-refractivity contribution in [1.29, 1.82) is 0 Å². The molecule has 6 nitrogen and oxygen atoms in total. The molecule has 6 heteroatoms. The van der Waals surface area contributed by atoms with Gasteiger partial charge in [-0.15, -0.1) is 0 Å². The molecule has 5 heterocycles. The molecule has 0 atom stereocenters. The zero-order valence-electron chi connectivity index (χ0n) is 17.7. The molecule has 0 amide bonds. The van der Waals surface area contributed by atoms with Crippen molar-refractivity contribution in [3.63, 3.8) is 0 Å². The molecule has 0 bridgehead atoms. The van der Waals surface area contributed by atoms with Crippen LogP contribution in [0.5, 0.6) is 0 Å². The minimum Gasteiger partial charge on any atom is -0.369 e. The van der Waals surface area contributed by atoms with Crippen molar-refractivity contribution in [3.8, 4) is 11.3 Å². The average molecular weight is 402 g/mol. The molecule has 5 rings (SSSR count). The standard InChI is InChI=1S/C24H27N5O/c1-17(2)24(30)22-16-19(20-5-4-6-23-25-8-10-29(20)23)21-15-18(7-9-28(21)22)27-13-11-26(3)12-14-27/h4-10,15-17H,11-14H2,1-3H3. The van der Waals surface area contributed by atoms with Gasteiger partial charge in [0, 0.05) is 61.9 Å². The van der Waals surface area contributed by atoms with Crippen molar-refractivity contribution in [3.05, 3.63) is 60.7 Å². The number of carbonyl (C=O) groups excluding carboxylic acids is 1. The molecule has 0 saturated carbocycles. The molecular weight excluding hydrogens is 374 g/mol. The SMILES string of the molecule is CC(C)C(=O)c1cc(-c2cccc3nccn23)c2cc(N3CCN(C)CC3)ccn12. The zero-order chi connectivity index (χ0) is 20.8. The number of piperazine rings is 1. The molecule has 4 aromatic rings. The smallest absolute Gasteiger partial charge is 0.182 e. The maximum Gasteiger partial charge on any atom is 0.182 e. The van der Waals surface area contributed by atoms with Gasteiger partial charge in [0.15, 0.2) is 5.78 Å². The Morgan fingerprint density at radius 2 is 1.80 bits per heavy atom. The number of carbonyl (C=O) groups is 1. The number of fused-ring (bicyclic) bond motifs is 2. The number of aromatic nitrogens is 3. The Morgan fingerprint density at radius 3 is 2.57 bits per heavy atom. The molecule has 154 valence electrons. The van der Waals surface area contributed by atoms with E-state index in [2.05, 4.69) is 50.6 Å². The van der Waals surface area contributed by atoms with Gasteiger partial charge in [0.05, 0.1) is 16.9 Å². The first-order chi connectivity index (χ1) is 14.5. The van der Waals surface area contributed by atoms with Crippen LogP contribution in [0.15, 0.2) is 55.0 Å². The highest BCUT2D eigenvalue weighted by atomic mass is 16.1. The third kappa shape index (κ3) is 3.08. The zero-order valence-corrected chi connectivity index (χ0v) is 17.7. The molecule has 1 aliphatic heterocycles. The molecule has 1 aliphatic rings. The number of anilines is 1. The average Bonchev–Trinajstić information content (AvgIpc) is 3.38. The van der Waals surface area contributed by atoms with Crippen LogP contribution in [0.2, 0.25) is 0 Å². The molecule has 0 unspecified atom stereocenters. The van der Waals surface area contributed by atoms with Gasteiger partial charge in [0.2, 0.25) is 0 Å². The van der Waals surface area contributed by atoms with Gasteiger partial charge in [-0.05, 0) is 37.4 Å². The molecule has 4 aromatic heterocycles. The van der Waals surface area contributed by atoms with E-state index in [4.69, 9.17) is 0 Å². The Morgan fingerprint density at radius 1 is 1.00 bits per heavy atom. The van der Waals surface area contributed by atoms with Crippen molar-refractivity contribution in [2.75, 3.05) is 38.1 Å². The summed E-state index contributed by atoms with van der Waals surface area (Å²) in [5.41, 5.74) is 5.99. The Bertz CT molecular complexity index is 1230. The van der Waals surface area contributed by atoms with E-state index < -0.39 is 0 Å². The molecule has 0 N–H and O–H groups in total. The summed E-state index contributed by atoms with van der Waals surface area (Å²) in [6.45, 7) is 8.05. The number of hydrogen-bond donors (Lipinski definition) is 0. The number of Topliss-reactive ketones (excluding diaryl/α,β-unsaturated/α-hetero) is 1. The van der Waals surface area contributed by atoms with E-state index in [1.54, 1.807) is 0 Å². The van der Waals surface area contributed by atoms with Gasteiger partial charge in [-0.3, -0.25) is 9.20 Å². The fourth-order valence-corrected chi connectivity index (χ4v) is 4.31. The second kappa shape index (κ2) is 7.29. The van der Waals surface area contributed by atoms with Crippen LogP contribution >= 0.6 is 0 Å². The van der Waals surface area contributed by atoms with Gasteiger partial charge in [-0.1, -0.05) is 19.9 Å². The van der Waals surface area contributed by atoms with Crippen LogP contribution in [0.4, 0.5) is 5.69 Å². The monoisotopic (exact) mass is 401 g/mol. The normalized spacial score (nSPS) is 15.5. The molecule has 0 aliphatic carbocycles. The van der Waals surface area contributed by atoms with Gasteiger partial charge < -0.3 is 14.2 Å².